The number of rotatable bonds is 6. The van der Waals surface area contributed by atoms with Gasteiger partial charge in [0.25, 0.3) is 0 Å². The molecule has 0 fully saturated rings. The van der Waals surface area contributed by atoms with Gasteiger partial charge in [0.05, 0.1) is 24.7 Å². The smallest absolute Gasteiger partial charge is 0.120 e. The van der Waals surface area contributed by atoms with E-state index >= 15 is 0 Å². The summed E-state index contributed by atoms with van der Waals surface area (Å²) in [5, 5.41) is 3.47. The molecule has 0 aliphatic carbocycles. The lowest BCUT2D eigenvalue weighted by atomic mass is 10.0. The van der Waals surface area contributed by atoms with Crippen LogP contribution in [0.15, 0.2) is 47.3 Å². The predicted octanol–water partition coefficient (Wildman–Crippen LogP) is 3.77. The van der Waals surface area contributed by atoms with Crippen LogP contribution in [0.4, 0.5) is 0 Å². The molecule has 1 atom stereocenters. The Morgan fingerprint density at radius 2 is 2.05 bits per heavy atom. The fourth-order valence-electron chi connectivity index (χ4n) is 2.11. The first-order valence-electron chi connectivity index (χ1n) is 6.72. The molecule has 1 aromatic carbocycles. The molecule has 102 valence electrons. The number of benzene rings is 1. The Kier molecular flexibility index (Phi) is 4.63. The van der Waals surface area contributed by atoms with Crippen molar-refractivity contribution in [1.82, 2.24) is 5.32 Å². The van der Waals surface area contributed by atoms with Crippen molar-refractivity contribution >= 4 is 0 Å². The predicted molar refractivity (Wildman–Crippen MR) is 76.4 cm³/mol. The summed E-state index contributed by atoms with van der Waals surface area (Å²) in [6.07, 6.45) is 3.67. The molecule has 0 amide bonds. The molecule has 0 aliphatic heterocycles. The van der Waals surface area contributed by atoms with Crippen molar-refractivity contribution in [2.24, 2.45) is 0 Å². The number of ether oxygens (including phenoxy) is 1. The largest absolute Gasteiger partial charge is 0.491 e. The van der Waals surface area contributed by atoms with Crippen molar-refractivity contribution < 1.29 is 9.15 Å². The zero-order chi connectivity index (χ0) is 13.7. The second-order valence-electron chi connectivity index (χ2n) is 4.79. The van der Waals surface area contributed by atoms with Crippen molar-refractivity contribution in [2.45, 2.75) is 32.9 Å². The fourth-order valence-corrected chi connectivity index (χ4v) is 2.11. The maximum absolute atomic E-state index is 5.75. The van der Waals surface area contributed by atoms with Crippen molar-refractivity contribution in [3.05, 3.63) is 54.0 Å². The molecule has 0 bridgehead atoms. The lowest BCUT2D eigenvalue weighted by Crippen LogP contribution is -2.21. The Balaban J connectivity index is 2.26. The molecule has 3 heteroatoms. The van der Waals surface area contributed by atoms with Gasteiger partial charge in [-0.15, -0.1) is 0 Å². The topological polar surface area (TPSA) is 34.4 Å². The number of nitrogens with one attached hydrogen (secondary N) is 1. The molecule has 0 radical (unpaired) electrons. The van der Waals surface area contributed by atoms with E-state index in [0.717, 1.165) is 17.9 Å². The van der Waals surface area contributed by atoms with Gasteiger partial charge in [-0.3, -0.25) is 0 Å². The molecule has 1 aromatic heterocycles. The van der Waals surface area contributed by atoms with Gasteiger partial charge in [0.1, 0.15) is 5.75 Å². The van der Waals surface area contributed by atoms with Crippen LogP contribution in [-0.4, -0.2) is 12.6 Å². The lowest BCUT2D eigenvalue weighted by Gasteiger charge is -2.18. The Labute approximate surface area is 114 Å². The molecular weight excluding hydrogens is 238 g/mol. The van der Waals surface area contributed by atoms with E-state index in [9.17, 15) is 0 Å². The molecule has 2 rings (SSSR count). The van der Waals surface area contributed by atoms with Crippen LogP contribution in [0.25, 0.3) is 0 Å². The van der Waals surface area contributed by atoms with E-state index in [2.05, 4.69) is 24.4 Å². The molecule has 3 nitrogen and oxygen atoms in total. The van der Waals surface area contributed by atoms with Crippen molar-refractivity contribution in [3.63, 3.8) is 0 Å². The quantitative estimate of drug-likeness (QED) is 0.857. The minimum Gasteiger partial charge on any atom is -0.491 e. The summed E-state index contributed by atoms with van der Waals surface area (Å²) in [7, 11) is 0. The molecule has 19 heavy (non-hydrogen) atoms. The van der Waals surface area contributed by atoms with Gasteiger partial charge in [-0.05, 0) is 44.2 Å². The summed E-state index contributed by atoms with van der Waals surface area (Å²) < 4.78 is 10.9. The molecule has 1 unspecified atom stereocenters. The van der Waals surface area contributed by atoms with Crippen molar-refractivity contribution in [2.75, 3.05) is 6.54 Å². The van der Waals surface area contributed by atoms with Gasteiger partial charge in [0.2, 0.25) is 0 Å². The molecule has 0 saturated heterocycles. The maximum Gasteiger partial charge on any atom is 0.120 e. The highest BCUT2D eigenvalue weighted by molar-refractivity contribution is 5.35. The molecule has 0 saturated carbocycles. The molecular formula is C16H21NO2. The Hall–Kier alpha value is -1.74. The monoisotopic (exact) mass is 259 g/mol. The summed E-state index contributed by atoms with van der Waals surface area (Å²) in [6, 6.07) is 10.3. The van der Waals surface area contributed by atoms with Crippen LogP contribution < -0.4 is 10.1 Å². The van der Waals surface area contributed by atoms with Crippen LogP contribution in [0.3, 0.4) is 0 Å². The summed E-state index contributed by atoms with van der Waals surface area (Å²) in [4.78, 5) is 0. The van der Waals surface area contributed by atoms with Crippen molar-refractivity contribution in [1.29, 1.82) is 0 Å². The van der Waals surface area contributed by atoms with Gasteiger partial charge in [-0.2, -0.15) is 0 Å². The highest BCUT2D eigenvalue weighted by atomic mass is 16.5. The lowest BCUT2D eigenvalue weighted by molar-refractivity contribution is 0.242. The fraction of sp³-hybridized carbons (Fsp3) is 0.375. The van der Waals surface area contributed by atoms with Gasteiger partial charge >= 0.3 is 0 Å². The van der Waals surface area contributed by atoms with Crippen LogP contribution in [0.2, 0.25) is 0 Å². The zero-order valence-electron chi connectivity index (χ0n) is 11.7. The van der Waals surface area contributed by atoms with E-state index in [1.807, 2.05) is 32.0 Å². The Morgan fingerprint density at radius 3 is 2.68 bits per heavy atom. The third-order valence-electron chi connectivity index (χ3n) is 2.85. The van der Waals surface area contributed by atoms with E-state index < -0.39 is 0 Å². The van der Waals surface area contributed by atoms with E-state index in [1.54, 1.807) is 12.5 Å². The summed E-state index contributed by atoms with van der Waals surface area (Å²) in [5.74, 6) is 0.902. The third-order valence-corrected chi connectivity index (χ3v) is 2.85. The van der Waals surface area contributed by atoms with Crippen molar-refractivity contribution in [3.8, 4) is 5.75 Å². The first kappa shape index (κ1) is 13.7. The maximum atomic E-state index is 5.75. The van der Waals surface area contributed by atoms with E-state index in [1.165, 1.54) is 5.56 Å². The average molecular weight is 259 g/mol. The van der Waals surface area contributed by atoms with E-state index in [-0.39, 0.29) is 12.1 Å². The highest BCUT2D eigenvalue weighted by Gasteiger charge is 2.14. The molecule has 1 N–H and O–H groups in total. The molecule has 1 heterocycles. The second-order valence-corrected chi connectivity index (χ2v) is 4.79. The third kappa shape index (κ3) is 3.61. The van der Waals surface area contributed by atoms with Crippen LogP contribution in [0, 0.1) is 0 Å². The van der Waals surface area contributed by atoms with E-state index in [4.69, 9.17) is 9.15 Å². The minimum absolute atomic E-state index is 0.138. The SMILES string of the molecule is CCNC(c1ccoc1)c1cccc(OC(C)C)c1. The average Bonchev–Trinajstić information content (AvgIpc) is 2.89. The molecule has 0 spiro atoms. The van der Waals surface area contributed by atoms with Gasteiger partial charge in [0, 0.05) is 5.56 Å². The van der Waals surface area contributed by atoms with Gasteiger partial charge < -0.3 is 14.5 Å². The summed E-state index contributed by atoms with van der Waals surface area (Å²) in [6.45, 7) is 7.06. The first-order chi connectivity index (χ1) is 9.20. The van der Waals surface area contributed by atoms with Gasteiger partial charge in [-0.1, -0.05) is 19.1 Å². The number of furan rings is 1. The highest BCUT2D eigenvalue weighted by Crippen LogP contribution is 2.26. The summed E-state index contributed by atoms with van der Waals surface area (Å²) in [5.41, 5.74) is 2.31. The first-order valence-corrected chi connectivity index (χ1v) is 6.72. The number of hydrogen-bond acceptors (Lipinski definition) is 3. The Morgan fingerprint density at radius 1 is 1.21 bits per heavy atom. The van der Waals surface area contributed by atoms with Crippen LogP contribution in [-0.2, 0) is 0 Å². The second kappa shape index (κ2) is 6.43. The molecule has 0 aliphatic rings. The van der Waals surface area contributed by atoms with Crippen LogP contribution >= 0.6 is 0 Å². The van der Waals surface area contributed by atoms with E-state index in [0.29, 0.717) is 0 Å². The standard InChI is InChI=1S/C16H21NO2/c1-4-17-16(14-8-9-18-11-14)13-6-5-7-15(10-13)19-12(2)3/h5-12,16-17H,4H2,1-3H3. The van der Waals surface area contributed by atoms with Gasteiger partial charge in [-0.25, -0.2) is 0 Å². The normalized spacial score (nSPS) is 12.6. The summed E-state index contributed by atoms with van der Waals surface area (Å²) >= 11 is 0. The minimum atomic E-state index is 0.138. The Bertz CT molecular complexity index is 491. The zero-order valence-corrected chi connectivity index (χ0v) is 11.7. The number of hydrogen-bond donors (Lipinski definition) is 1. The van der Waals surface area contributed by atoms with Crippen LogP contribution in [0.1, 0.15) is 37.9 Å². The molecule has 2 aromatic rings. The van der Waals surface area contributed by atoms with Crippen LogP contribution in [0.5, 0.6) is 5.75 Å². The van der Waals surface area contributed by atoms with Gasteiger partial charge in [0.15, 0.2) is 0 Å².